The van der Waals surface area contributed by atoms with E-state index in [9.17, 15) is 18.4 Å². The van der Waals surface area contributed by atoms with E-state index in [2.05, 4.69) is 9.97 Å². The van der Waals surface area contributed by atoms with Gasteiger partial charge in [-0.05, 0) is 65.4 Å². The molecule has 1 aliphatic carbocycles. The number of Topliss-reactive ketones (excluding diaryl/α,β-unsaturated/α-hetero) is 1. The quantitative estimate of drug-likeness (QED) is 0.284. The van der Waals surface area contributed by atoms with Gasteiger partial charge in [-0.25, -0.2) is 8.78 Å². The van der Waals surface area contributed by atoms with Crippen molar-refractivity contribution in [2.45, 2.75) is 31.6 Å². The molecule has 0 spiro atoms. The van der Waals surface area contributed by atoms with Gasteiger partial charge in [0.15, 0.2) is 0 Å². The second kappa shape index (κ2) is 10.6. The van der Waals surface area contributed by atoms with E-state index in [0.717, 1.165) is 28.3 Å². The number of aromatic nitrogens is 2. The molecule has 7 heteroatoms. The summed E-state index contributed by atoms with van der Waals surface area (Å²) in [5.41, 5.74) is 5.05. The number of nitrogens with one attached hydrogen (secondary N) is 1. The second-order valence-electron chi connectivity index (χ2n) is 9.20. The van der Waals surface area contributed by atoms with E-state index in [1.54, 1.807) is 24.4 Å². The fourth-order valence-corrected chi connectivity index (χ4v) is 5.04. The summed E-state index contributed by atoms with van der Waals surface area (Å²) in [6.45, 7) is 0. The van der Waals surface area contributed by atoms with Crippen LogP contribution in [0.3, 0.4) is 0 Å². The van der Waals surface area contributed by atoms with Crippen LogP contribution in [0.1, 0.15) is 41.3 Å². The van der Waals surface area contributed by atoms with Gasteiger partial charge in [-0.3, -0.25) is 14.6 Å². The minimum atomic E-state index is -0.671. The number of hydrogen-bond acceptors (Lipinski definition) is 3. The smallest absolute Gasteiger partial charge is 0.248 e. The van der Waals surface area contributed by atoms with Gasteiger partial charge < -0.3 is 4.98 Å². The van der Waals surface area contributed by atoms with Crippen molar-refractivity contribution in [1.82, 2.24) is 9.97 Å². The molecule has 0 aliphatic heterocycles. The highest BCUT2D eigenvalue weighted by molar-refractivity contribution is 6.30. The van der Waals surface area contributed by atoms with Crippen LogP contribution >= 0.6 is 11.6 Å². The molecule has 2 heterocycles. The Kier molecular flexibility index (Phi) is 7.10. The Bertz CT molecular complexity index is 1540. The second-order valence-corrected chi connectivity index (χ2v) is 9.63. The third kappa shape index (κ3) is 5.75. The molecule has 37 heavy (non-hydrogen) atoms. The number of carbonyl (C=O) groups is 1. The first-order valence-corrected chi connectivity index (χ1v) is 12.3. The fraction of sp³-hybridized carbons (Fsp3) is 0.167. The summed E-state index contributed by atoms with van der Waals surface area (Å²) < 4.78 is 28.0. The lowest BCUT2D eigenvalue weighted by molar-refractivity contribution is -0.118. The summed E-state index contributed by atoms with van der Waals surface area (Å²) >= 11 is 6.08. The lowest BCUT2D eigenvalue weighted by Crippen LogP contribution is -2.14. The van der Waals surface area contributed by atoms with Crippen molar-refractivity contribution >= 4 is 23.0 Å². The Morgan fingerprint density at radius 2 is 1.78 bits per heavy atom. The summed E-state index contributed by atoms with van der Waals surface area (Å²) in [6, 6.07) is 17.7. The number of H-pyrrole nitrogens is 1. The van der Waals surface area contributed by atoms with Crippen molar-refractivity contribution < 1.29 is 13.6 Å². The number of ketones is 1. The zero-order chi connectivity index (χ0) is 25.9. The molecular weight excluding hydrogens is 494 g/mol. The first kappa shape index (κ1) is 24.8. The van der Waals surface area contributed by atoms with Gasteiger partial charge in [0.05, 0.1) is 5.69 Å². The topological polar surface area (TPSA) is 62.8 Å². The molecule has 4 aromatic rings. The Hall–Kier alpha value is -3.90. The zero-order valence-electron chi connectivity index (χ0n) is 19.8. The van der Waals surface area contributed by atoms with Crippen LogP contribution in [0.25, 0.3) is 16.7 Å². The highest BCUT2D eigenvalue weighted by atomic mass is 35.5. The first-order chi connectivity index (χ1) is 17.9. The van der Waals surface area contributed by atoms with Gasteiger partial charge in [0.25, 0.3) is 0 Å². The van der Waals surface area contributed by atoms with E-state index in [1.807, 2.05) is 30.3 Å². The number of hydrogen-bond donors (Lipinski definition) is 1. The van der Waals surface area contributed by atoms with Crippen molar-refractivity contribution in [2.24, 2.45) is 0 Å². The van der Waals surface area contributed by atoms with E-state index in [1.165, 1.54) is 18.2 Å². The molecule has 2 aromatic heterocycles. The van der Waals surface area contributed by atoms with Crippen molar-refractivity contribution in [1.29, 1.82) is 0 Å². The van der Waals surface area contributed by atoms with E-state index in [0.29, 0.717) is 28.4 Å². The molecule has 0 fully saturated rings. The number of rotatable bonds is 8. The first-order valence-electron chi connectivity index (χ1n) is 11.9. The van der Waals surface area contributed by atoms with E-state index in [-0.39, 0.29) is 30.6 Å². The van der Waals surface area contributed by atoms with Gasteiger partial charge in [0.2, 0.25) is 5.56 Å². The molecule has 1 atom stereocenters. The fourth-order valence-electron chi connectivity index (χ4n) is 4.91. The number of carbonyl (C=O) groups excluding carboxylic acids is 1. The molecule has 1 N–H and O–H groups in total. The SMILES string of the molecule is O=C(CC1=CCc2ccc(=O)[nH]c21)C[C@@H](Cc1cc(F)cc(F)c1)c1ncccc1-c1ccc(Cl)cc1. The molecule has 0 amide bonds. The van der Waals surface area contributed by atoms with Gasteiger partial charge in [-0.15, -0.1) is 0 Å². The predicted octanol–water partition coefficient (Wildman–Crippen LogP) is 6.68. The largest absolute Gasteiger partial charge is 0.322 e. The number of aromatic amines is 1. The lowest BCUT2D eigenvalue weighted by Gasteiger charge is -2.20. The van der Waals surface area contributed by atoms with Crippen LogP contribution in [0.15, 0.2) is 83.8 Å². The minimum Gasteiger partial charge on any atom is -0.322 e. The number of allylic oxidation sites excluding steroid dienone is 2. The van der Waals surface area contributed by atoms with Gasteiger partial charge >= 0.3 is 0 Å². The standard InChI is InChI=1S/C30H23ClF2N2O2/c31-23-8-5-19(6-9-23)27-2-1-11-34-30(27)22(12-18-13-24(32)17-25(33)14-18)16-26(36)15-21-4-3-20-7-10-28(37)35-29(20)21/h1-2,4-11,13-14,17,22H,3,12,15-16H2,(H,35,37)/t22-/m1/s1. The molecule has 0 unspecified atom stereocenters. The molecule has 0 saturated carbocycles. The average molecular weight is 517 g/mol. The van der Waals surface area contributed by atoms with Crippen molar-refractivity contribution in [3.8, 4) is 11.1 Å². The predicted molar refractivity (Wildman–Crippen MR) is 140 cm³/mol. The summed E-state index contributed by atoms with van der Waals surface area (Å²) in [5.74, 6) is -1.83. The molecule has 1 aliphatic rings. The third-order valence-electron chi connectivity index (χ3n) is 6.54. The van der Waals surface area contributed by atoms with Crippen LogP contribution in [0.2, 0.25) is 5.02 Å². The minimum absolute atomic E-state index is 0.0570. The maximum atomic E-state index is 14.0. The number of benzene rings is 2. The maximum absolute atomic E-state index is 14.0. The molecule has 0 radical (unpaired) electrons. The van der Waals surface area contributed by atoms with Crippen molar-refractivity contribution in [3.05, 3.63) is 129 Å². The summed E-state index contributed by atoms with van der Waals surface area (Å²) in [7, 11) is 0. The molecule has 4 nitrogen and oxygen atoms in total. The van der Waals surface area contributed by atoms with Gasteiger partial charge in [0.1, 0.15) is 17.4 Å². The van der Waals surface area contributed by atoms with Gasteiger partial charge in [0, 0.05) is 53.4 Å². The molecule has 5 rings (SSSR count). The van der Waals surface area contributed by atoms with Gasteiger partial charge in [-0.2, -0.15) is 0 Å². The van der Waals surface area contributed by atoms with E-state index < -0.39 is 17.6 Å². The molecular formula is C30H23ClF2N2O2. The Morgan fingerprint density at radius 3 is 2.54 bits per heavy atom. The Morgan fingerprint density at radius 1 is 1.03 bits per heavy atom. The highest BCUT2D eigenvalue weighted by Gasteiger charge is 2.24. The molecule has 0 saturated heterocycles. The summed E-state index contributed by atoms with van der Waals surface area (Å²) in [6.07, 6.45) is 4.74. The highest BCUT2D eigenvalue weighted by Crippen LogP contribution is 2.35. The third-order valence-corrected chi connectivity index (χ3v) is 6.79. The van der Waals surface area contributed by atoms with Crippen molar-refractivity contribution in [3.63, 3.8) is 0 Å². The van der Waals surface area contributed by atoms with Gasteiger partial charge in [-0.1, -0.05) is 41.9 Å². The van der Waals surface area contributed by atoms with Crippen LogP contribution < -0.4 is 5.56 Å². The summed E-state index contributed by atoms with van der Waals surface area (Å²) in [5, 5.41) is 0.597. The molecule has 2 aromatic carbocycles. The van der Waals surface area contributed by atoms with Crippen LogP contribution in [-0.2, 0) is 17.6 Å². The van der Waals surface area contributed by atoms with Crippen LogP contribution in [0, 0.1) is 11.6 Å². The number of fused-ring (bicyclic) bond motifs is 1. The zero-order valence-corrected chi connectivity index (χ0v) is 20.6. The van der Waals surface area contributed by atoms with E-state index in [4.69, 9.17) is 11.6 Å². The van der Waals surface area contributed by atoms with Crippen LogP contribution in [0.4, 0.5) is 8.78 Å². The normalized spacial score (nSPS) is 13.2. The number of nitrogens with zero attached hydrogens (tertiary/aromatic N) is 1. The average Bonchev–Trinajstić information content (AvgIpc) is 3.25. The maximum Gasteiger partial charge on any atom is 0.248 e. The lowest BCUT2D eigenvalue weighted by atomic mass is 9.86. The Labute approximate surface area is 217 Å². The Balaban J connectivity index is 1.47. The van der Waals surface area contributed by atoms with Crippen LogP contribution in [-0.4, -0.2) is 15.8 Å². The van der Waals surface area contributed by atoms with E-state index >= 15 is 0 Å². The van der Waals surface area contributed by atoms with Crippen LogP contribution in [0.5, 0.6) is 0 Å². The van der Waals surface area contributed by atoms with Crippen molar-refractivity contribution in [2.75, 3.05) is 0 Å². The number of pyridine rings is 2. The molecule has 186 valence electrons. The monoisotopic (exact) mass is 516 g/mol. The molecule has 0 bridgehead atoms. The summed E-state index contributed by atoms with van der Waals surface area (Å²) in [4.78, 5) is 32.6. The number of halogens is 3.